The van der Waals surface area contributed by atoms with Gasteiger partial charge in [-0.25, -0.2) is 0 Å². The number of thiocarbonyl (C=S) groups is 1. The van der Waals surface area contributed by atoms with Crippen molar-refractivity contribution in [3.8, 4) is 0 Å². The normalized spacial score (nSPS) is 16.3. The van der Waals surface area contributed by atoms with E-state index in [1.165, 1.54) is 16.7 Å². The molecule has 0 unspecified atom stereocenters. The number of halogens is 1. The molecule has 122 valence electrons. The highest BCUT2D eigenvalue weighted by atomic mass is 79.9. The van der Waals surface area contributed by atoms with Gasteiger partial charge < -0.3 is 4.74 Å². The SMILES string of the molecule is CCCCOC(=O)CN1C(=O)/C(=C/c2cccc(Br)c2)SC1=S. The van der Waals surface area contributed by atoms with Crippen molar-refractivity contribution in [1.82, 2.24) is 4.90 Å². The number of amides is 1. The highest BCUT2D eigenvalue weighted by molar-refractivity contribution is 9.10. The number of benzene rings is 1. The van der Waals surface area contributed by atoms with Crippen LogP contribution < -0.4 is 0 Å². The Kier molecular flexibility index (Phi) is 6.80. The van der Waals surface area contributed by atoms with Gasteiger partial charge in [-0.1, -0.05) is 65.4 Å². The molecular formula is C16H16BrNO3S2. The lowest BCUT2D eigenvalue weighted by atomic mass is 10.2. The Morgan fingerprint density at radius 3 is 2.96 bits per heavy atom. The smallest absolute Gasteiger partial charge is 0.326 e. The maximum atomic E-state index is 12.4. The molecule has 0 aromatic heterocycles. The van der Waals surface area contributed by atoms with Gasteiger partial charge in [-0.05, 0) is 30.2 Å². The number of unbranched alkanes of at least 4 members (excludes halogenated alkanes) is 1. The summed E-state index contributed by atoms with van der Waals surface area (Å²) in [7, 11) is 0. The zero-order chi connectivity index (χ0) is 16.8. The molecule has 0 aliphatic carbocycles. The van der Waals surface area contributed by atoms with Gasteiger partial charge in [0.1, 0.15) is 10.9 Å². The predicted octanol–water partition coefficient (Wildman–Crippen LogP) is 3.99. The summed E-state index contributed by atoms with van der Waals surface area (Å²) in [5.74, 6) is -0.689. The predicted molar refractivity (Wildman–Crippen MR) is 99.9 cm³/mol. The average molecular weight is 414 g/mol. The summed E-state index contributed by atoms with van der Waals surface area (Å²) in [6.45, 7) is 2.25. The third-order valence-electron chi connectivity index (χ3n) is 3.07. The first-order valence-electron chi connectivity index (χ1n) is 7.18. The topological polar surface area (TPSA) is 46.6 Å². The lowest BCUT2D eigenvalue weighted by molar-refractivity contribution is -0.146. The Bertz CT molecular complexity index is 660. The molecule has 0 atom stereocenters. The zero-order valence-electron chi connectivity index (χ0n) is 12.6. The lowest BCUT2D eigenvalue weighted by Crippen LogP contribution is -2.34. The molecule has 4 nitrogen and oxygen atoms in total. The van der Waals surface area contributed by atoms with Crippen molar-refractivity contribution < 1.29 is 14.3 Å². The molecule has 0 bridgehead atoms. The van der Waals surface area contributed by atoms with E-state index >= 15 is 0 Å². The molecule has 1 saturated heterocycles. The van der Waals surface area contributed by atoms with E-state index in [2.05, 4.69) is 15.9 Å². The first kappa shape index (κ1) is 18.2. The van der Waals surface area contributed by atoms with Gasteiger partial charge in [0.2, 0.25) is 0 Å². The summed E-state index contributed by atoms with van der Waals surface area (Å²) in [4.78, 5) is 26.0. The highest BCUT2D eigenvalue weighted by Gasteiger charge is 2.33. The molecule has 7 heteroatoms. The molecule has 1 aliphatic rings. The molecule has 2 rings (SSSR count). The first-order valence-corrected chi connectivity index (χ1v) is 9.19. The Morgan fingerprint density at radius 1 is 1.48 bits per heavy atom. The summed E-state index contributed by atoms with van der Waals surface area (Å²) in [5.41, 5.74) is 0.894. The van der Waals surface area contributed by atoms with Crippen LogP contribution in [0.1, 0.15) is 25.3 Å². The average Bonchev–Trinajstić information content (AvgIpc) is 2.75. The lowest BCUT2D eigenvalue weighted by Gasteiger charge is -2.13. The number of thioether (sulfide) groups is 1. The first-order chi connectivity index (χ1) is 11.0. The summed E-state index contributed by atoms with van der Waals surface area (Å²) < 4.78 is 6.39. The summed E-state index contributed by atoms with van der Waals surface area (Å²) in [6, 6.07) is 7.61. The fraction of sp³-hybridized carbons (Fsp3) is 0.312. The van der Waals surface area contributed by atoms with E-state index in [4.69, 9.17) is 17.0 Å². The van der Waals surface area contributed by atoms with Gasteiger partial charge in [0, 0.05) is 4.47 Å². The minimum absolute atomic E-state index is 0.135. The fourth-order valence-electron chi connectivity index (χ4n) is 1.89. The van der Waals surface area contributed by atoms with Crippen LogP contribution in [-0.4, -0.2) is 34.2 Å². The van der Waals surface area contributed by atoms with Crippen LogP contribution in [0.5, 0.6) is 0 Å². The van der Waals surface area contributed by atoms with Gasteiger partial charge in [-0.3, -0.25) is 14.5 Å². The molecule has 0 saturated carbocycles. The molecule has 1 fully saturated rings. The van der Waals surface area contributed by atoms with Crippen molar-refractivity contribution in [1.29, 1.82) is 0 Å². The molecule has 1 heterocycles. The molecular weight excluding hydrogens is 398 g/mol. The quantitative estimate of drug-likeness (QED) is 0.305. The van der Waals surface area contributed by atoms with Crippen molar-refractivity contribution in [3.63, 3.8) is 0 Å². The van der Waals surface area contributed by atoms with Crippen LogP contribution in [0.15, 0.2) is 33.6 Å². The van der Waals surface area contributed by atoms with E-state index in [-0.39, 0.29) is 12.5 Å². The van der Waals surface area contributed by atoms with E-state index in [1.807, 2.05) is 31.2 Å². The number of carbonyl (C=O) groups excluding carboxylic acids is 2. The maximum Gasteiger partial charge on any atom is 0.326 e. The van der Waals surface area contributed by atoms with Crippen molar-refractivity contribution in [2.75, 3.05) is 13.2 Å². The molecule has 0 radical (unpaired) electrons. The standard InChI is InChI=1S/C16H16BrNO3S2/c1-2-3-7-21-14(19)10-18-15(20)13(23-16(18)22)9-11-5-4-6-12(17)8-11/h4-6,8-9H,2-3,7,10H2,1H3/b13-9-. The number of ether oxygens (including phenoxy) is 1. The third-order valence-corrected chi connectivity index (χ3v) is 4.94. The molecule has 1 aromatic carbocycles. The van der Waals surface area contributed by atoms with E-state index in [0.29, 0.717) is 15.8 Å². The third kappa shape index (κ3) is 5.16. The highest BCUT2D eigenvalue weighted by Crippen LogP contribution is 2.32. The van der Waals surface area contributed by atoms with Gasteiger partial charge in [0.05, 0.1) is 11.5 Å². The number of rotatable bonds is 6. The van der Waals surface area contributed by atoms with Crippen molar-refractivity contribution in [3.05, 3.63) is 39.2 Å². The van der Waals surface area contributed by atoms with Crippen LogP contribution in [0.2, 0.25) is 0 Å². The fourth-order valence-corrected chi connectivity index (χ4v) is 3.56. The van der Waals surface area contributed by atoms with Crippen LogP contribution in [0.4, 0.5) is 0 Å². The van der Waals surface area contributed by atoms with Gasteiger partial charge in [-0.2, -0.15) is 0 Å². The van der Waals surface area contributed by atoms with Gasteiger partial charge in [0.15, 0.2) is 0 Å². The second-order valence-electron chi connectivity index (χ2n) is 4.90. The summed E-state index contributed by atoms with van der Waals surface area (Å²) in [5, 5.41) is 0. The van der Waals surface area contributed by atoms with Crippen LogP contribution in [0.25, 0.3) is 6.08 Å². The van der Waals surface area contributed by atoms with Gasteiger partial charge >= 0.3 is 5.97 Å². The molecule has 0 spiro atoms. The van der Waals surface area contributed by atoms with Crippen molar-refractivity contribution >= 4 is 62.2 Å². The van der Waals surface area contributed by atoms with Crippen LogP contribution >= 0.6 is 39.9 Å². The van der Waals surface area contributed by atoms with Crippen molar-refractivity contribution in [2.45, 2.75) is 19.8 Å². The zero-order valence-corrected chi connectivity index (χ0v) is 15.8. The largest absolute Gasteiger partial charge is 0.464 e. The van der Waals surface area contributed by atoms with Crippen LogP contribution in [0, 0.1) is 0 Å². The Balaban J connectivity index is 2.03. The summed E-state index contributed by atoms with van der Waals surface area (Å²) in [6.07, 6.45) is 3.53. The van der Waals surface area contributed by atoms with Crippen LogP contribution in [-0.2, 0) is 14.3 Å². The second-order valence-corrected chi connectivity index (χ2v) is 7.49. The van der Waals surface area contributed by atoms with Crippen molar-refractivity contribution in [2.24, 2.45) is 0 Å². The van der Waals surface area contributed by atoms with Gasteiger partial charge in [0.25, 0.3) is 5.91 Å². The van der Waals surface area contributed by atoms with Crippen LogP contribution in [0.3, 0.4) is 0 Å². The monoisotopic (exact) mass is 413 g/mol. The minimum Gasteiger partial charge on any atom is -0.464 e. The summed E-state index contributed by atoms with van der Waals surface area (Å²) >= 11 is 9.79. The van der Waals surface area contributed by atoms with E-state index in [9.17, 15) is 9.59 Å². The van der Waals surface area contributed by atoms with Gasteiger partial charge in [-0.15, -0.1) is 0 Å². The van der Waals surface area contributed by atoms with E-state index in [1.54, 1.807) is 6.08 Å². The molecule has 1 amide bonds. The number of hydrogen-bond acceptors (Lipinski definition) is 5. The molecule has 0 N–H and O–H groups in total. The minimum atomic E-state index is -0.432. The second kappa shape index (κ2) is 8.61. The number of hydrogen-bond donors (Lipinski definition) is 0. The molecule has 1 aromatic rings. The Morgan fingerprint density at radius 2 is 2.26 bits per heavy atom. The maximum absolute atomic E-state index is 12.4. The molecule has 23 heavy (non-hydrogen) atoms. The Hall–Kier alpha value is -1.18. The number of carbonyl (C=O) groups is 2. The van der Waals surface area contributed by atoms with E-state index in [0.717, 1.165) is 22.9 Å². The van der Waals surface area contributed by atoms with E-state index < -0.39 is 5.97 Å². The Labute approximate surface area is 153 Å². The number of esters is 1. The number of nitrogens with zero attached hydrogens (tertiary/aromatic N) is 1. The molecule has 1 aliphatic heterocycles.